The van der Waals surface area contributed by atoms with E-state index >= 15 is 0 Å². The van der Waals surface area contributed by atoms with Crippen LogP contribution in [0.3, 0.4) is 0 Å². The molecule has 0 spiro atoms. The molecule has 2 aliphatic rings. The largest absolute Gasteiger partial charge is 0.507 e. The van der Waals surface area contributed by atoms with Crippen LogP contribution in [-0.4, -0.2) is 61.3 Å². The van der Waals surface area contributed by atoms with Crippen molar-refractivity contribution in [2.24, 2.45) is 0 Å². The maximum Gasteiger partial charge on any atom is 0.295 e. The van der Waals surface area contributed by atoms with Gasteiger partial charge in [-0.2, -0.15) is 0 Å². The van der Waals surface area contributed by atoms with Crippen molar-refractivity contribution in [2.75, 3.05) is 33.5 Å². The molecular formula is C30H37NO7. The number of nitrogens with zero attached hydrogens (tertiary/aromatic N) is 1. The predicted molar refractivity (Wildman–Crippen MR) is 144 cm³/mol. The third-order valence-corrected chi connectivity index (χ3v) is 6.83. The van der Waals surface area contributed by atoms with Crippen molar-refractivity contribution in [3.63, 3.8) is 0 Å². The van der Waals surface area contributed by atoms with Gasteiger partial charge >= 0.3 is 0 Å². The van der Waals surface area contributed by atoms with Crippen LogP contribution in [-0.2, 0) is 20.7 Å². The number of carbonyl (C=O) groups is 2. The Hall–Kier alpha value is -3.52. The molecule has 0 saturated carbocycles. The molecule has 0 aliphatic carbocycles. The Kier molecular flexibility index (Phi) is 8.94. The minimum atomic E-state index is -0.804. The van der Waals surface area contributed by atoms with Crippen LogP contribution in [0.15, 0.2) is 42.0 Å². The number of unbranched alkanes of at least 4 members (excludes halogenated alkanes) is 2. The van der Waals surface area contributed by atoms with Gasteiger partial charge in [-0.05, 0) is 61.7 Å². The summed E-state index contributed by atoms with van der Waals surface area (Å²) in [7, 11) is 1.54. The normalized spacial score (nSPS) is 19.9. The van der Waals surface area contributed by atoms with Crippen LogP contribution >= 0.6 is 0 Å². The Labute approximate surface area is 224 Å². The van der Waals surface area contributed by atoms with Crippen LogP contribution in [0.4, 0.5) is 0 Å². The number of hydrogen-bond donors (Lipinski definition) is 1. The third kappa shape index (κ3) is 5.65. The lowest BCUT2D eigenvalue weighted by molar-refractivity contribution is -0.140. The molecule has 1 amide bonds. The summed E-state index contributed by atoms with van der Waals surface area (Å²) in [6.45, 7) is 7.43. The molecule has 8 heteroatoms. The van der Waals surface area contributed by atoms with Crippen molar-refractivity contribution in [1.29, 1.82) is 0 Å². The Balaban J connectivity index is 1.76. The highest BCUT2D eigenvalue weighted by molar-refractivity contribution is 6.46. The Morgan fingerprint density at radius 3 is 2.61 bits per heavy atom. The van der Waals surface area contributed by atoms with Gasteiger partial charge < -0.3 is 29.0 Å². The maximum atomic E-state index is 13.3. The van der Waals surface area contributed by atoms with E-state index in [1.807, 2.05) is 26.0 Å². The lowest BCUT2D eigenvalue weighted by Gasteiger charge is -2.26. The molecule has 0 bridgehead atoms. The number of likely N-dealkylation sites (tertiary alicyclic amines) is 1. The van der Waals surface area contributed by atoms with E-state index in [1.165, 1.54) is 12.0 Å². The van der Waals surface area contributed by atoms with Crippen LogP contribution in [0.1, 0.15) is 62.8 Å². The van der Waals surface area contributed by atoms with Gasteiger partial charge in [-0.15, -0.1) is 0 Å². The molecule has 2 aromatic rings. The Morgan fingerprint density at radius 1 is 1.05 bits per heavy atom. The van der Waals surface area contributed by atoms with Crippen LogP contribution in [0.5, 0.6) is 17.2 Å². The molecule has 2 aliphatic heterocycles. The number of ketones is 1. The minimum absolute atomic E-state index is 0.0390. The summed E-state index contributed by atoms with van der Waals surface area (Å²) in [5, 5.41) is 11.4. The lowest BCUT2D eigenvalue weighted by Crippen LogP contribution is -2.32. The van der Waals surface area contributed by atoms with Crippen LogP contribution in [0.25, 0.3) is 5.76 Å². The summed E-state index contributed by atoms with van der Waals surface area (Å²) >= 11 is 0. The zero-order valence-electron chi connectivity index (χ0n) is 22.6. The van der Waals surface area contributed by atoms with Crippen molar-refractivity contribution in [2.45, 2.75) is 58.6 Å². The van der Waals surface area contributed by atoms with Gasteiger partial charge in [-0.25, -0.2) is 0 Å². The molecular weight excluding hydrogens is 486 g/mol. The number of Topliss-reactive ketones (excluding diaryl/α,β-unsaturated/α-hetero) is 1. The molecule has 38 heavy (non-hydrogen) atoms. The average molecular weight is 524 g/mol. The molecule has 1 saturated heterocycles. The maximum absolute atomic E-state index is 13.3. The monoisotopic (exact) mass is 523 g/mol. The van der Waals surface area contributed by atoms with Gasteiger partial charge in [0.1, 0.15) is 17.6 Å². The predicted octanol–water partition coefficient (Wildman–Crippen LogP) is 5.05. The summed E-state index contributed by atoms with van der Waals surface area (Å²) in [6, 6.07) is 9.94. The number of aliphatic hydroxyl groups is 1. The van der Waals surface area contributed by atoms with E-state index in [9.17, 15) is 14.7 Å². The fraction of sp³-hybridized carbons (Fsp3) is 0.467. The van der Waals surface area contributed by atoms with E-state index in [1.54, 1.807) is 24.3 Å². The van der Waals surface area contributed by atoms with Crippen molar-refractivity contribution < 1.29 is 33.6 Å². The summed E-state index contributed by atoms with van der Waals surface area (Å²) in [5.74, 6) is 0.280. The average Bonchev–Trinajstić information content (AvgIpc) is 3.41. The van der Waals surface area contributed by atoms with E-state index in [0.29, 0.717) is 42.3 Å². The molecule has 2 atom stereocenters. The number of aliphatic hydroxyl groups excluding tert-OH is 1. The summed E-state index contributed by atoms with van der Waals surface area (Å²) in [6.07, 6.45) is 3.85. The van der Waals surface area contributed by atoms with Gasteiger partial charge in [-0.3, -0.25) is 9.59 Å². The smallest absolute Gasteiger partial charge is 0.295 e. The number of ether oxygens (including phenoxy) is 4. The first kappa shape index (κ1) is 27.5. The van der Waals surface area contributed by atoms with E-state index < -0.39 is 17.7 Å². The van der Waals surface area contributed by atoms with Crippen LogP contribution in [0, 0.1) is 0 Å². The highest BCUT2D eigenvalue weighted by Gasteiger charge is 2.46. The molecule has 204 valence electrons. The van der Waals surface area contributed by atoms with Crippen LogP contribution in [0.2, 0.25) is 0 Å². The van der Waals surface area contributed by atoms with Gasteiger partial charge in [0.2, 0.25) is 0 Å². The molecule has 0 aromatic heterocycles. The second-order valence-corrected chi connectivity index (χ2v) is 9.64. The zero-order chi connectivity index (χ0) is 27.2. The number of amides is 1. The van der Waals surface area contributed by atoms with Gasteiger partial charge in [0.05, 0.1) is 31.4 Å². The van der Waals surface area contributed by atoms with Gasteiger partial charge in [0.15, 0.2) is 11.5 Å². The first-order chi connectivity index (χ1) is 18.4. The Bertz CT molecular complexity index is 1210. The van der Waals surface area contributed by atoms with Crippen LogP contribution < -0.4 is 14.2 Å². The number of fused-ring (bicyclic) bond motifs is 1. The summed E-state index contributed by atoms with van der Waals surface area (Å²) < 4.78 is 22.8. The fourth-order valence-corrected chi connectivity index (χ4v) is 4.99. The van der Waals surface area contributed by atoms with Crippen molar-refractivity contribution in [3.05, 3.63) is 58.7 Å². The number of benzene rings is 2. The third-order valence-electron chi connectivity index (χ3n) is 6.83. The SMILES string of the molecule is CCCCCOc1ccc(C2/C(=C(\O)c3ccc4c(c3)CC(C)O4)C(=O)C(=O)N2CCOC)cc1OCC. The summed E-state index contributed by atoms with van der Waals surface area (Å²) in [5.41, 5.74) is 2.11. The van der Waals surface area contributed by atoms with Gasteiger partial charge in [0, 0.05) is 25.6 Å². The molecule has 2 unspecified atom stereocenters. The highest BCUT2D eigenvalue weighted by Crippen LogP contribution is 2.42. The van der Waals surface area contributed by atoms with Gasteiger partial charge in [0.25, 0.3) is 11.7 Å². The molecule has 4 rings (SSSR count). The lowest BCUT2D eigenvalue weighted by atomic mass is 9.94. The first-order valence-electron chi connectivity index (χ1n) is 13.4. The minimum Gasteiger partial charge on any atom is -0.507 e. The number of rotatable bonds is 12. The molecule has 8 nitrogen and oxygen atoms in total. The second-order valence-electron chi connectivity index (χ2n) is 9.64. The van der Waals surface area contributed by atoms with E-state index in [-0.39, 0.29) is 30.6 Å². The molecule has 1 fully saturated rings. The fourth-order valence-electron chi connectivity index (χ4n) is 4.99. The van der Waals surface area contributed by atoms with E-state index in [0.717, 1.165) is 30.6 Å². The molecule has 2 heterocycles. The van der Waals surface area contributed by atoms with Gasteiger partial charge in [-0.1, -0.05) is 25.8 Å². The number of carbonyl (C=O) groups excluding carboxylic acids is 2. The summed E-state index contributed by atoms with van der Waals surface area (Å²) in [4.78, 5) is 27.9. The molecule has 1 N–H and O–H groups in total. The second kappa shape index (κ2) is 12.3. The first-order valence-corrected chi connectivity index (χ1v) is 13.4. The number of methoxy groups -OCH3 is 1. The zero-order valence-corrected chi connectivity index (χ0v) is 22.6. The Morgan fingerprint density at radius 2 is 1.87 bits per heavy atom. The topological polar surface area (TPSA) is 94.5 Å². The highest BCUT2D eigenvalue weighted by atomic mass is 16.5. The van der Waals surface area contributed by atoms with E-state index in [4.69, 9.17) is 18.9 Å². The van der Waals surface area contributed by atoms with Crippen molar-refractivity contribution >= 4 is 17.4 Å². The standard InChI is InChI=1S/C30H37NO7/c1-5-7-8-14-37-24-12-9-20(18-25(24)36-6-2)27-26(29(33)30(34)31(27)13-15-35-4)28(32)21-10-11-23-22(17-21)16-19(3)38-23/h9-12,17-19,27,32H,5-8,13-16H2,1-4H3/b28-26+. The van der Waals surface area contributed by atoms with Crippen molar-refractivity contribution in [1.82, 2.24) is 4.90 Å². The quantitative estimate of drug-likeness (QED) is 0.180. The number of hydrogen-bond acceptors (Lipinski definition) is 7. The van der Waals surface area contributed by atoms with Crippen molar-refractivity contribution in [3.8, 4) is 17.2 Å². The molecule has 0 radical (unpaired) electrons. The van der Waals surface area contributed by atoms with E-state index in [2.05, 4.69) is 6.92 Å². The molecule has 2 aromatic carbocycles.